The van der Waals surface area contributed by atoms with Gasteiger partial charge in [0.15, 0.2) is 0 Å². The fourth-order valence-electron chi connectivity index (χ4n) is 7.48. The van der Waals surface area contributed by atoms with Crippen molar-refractivity contribution in [2.24, 2.45) is 5.73 Å². The number of imide groups is 1. The number of anilines is 2. The molecule has 0 radical (unpaired) electrons. The molecule has 0 spiro atoms. The van der Waals surface area contributed by atoms with Crippen molar-refractivity contribution >= 4 is 52.0 Å². The second-order valence-corrected chi connectivity index (χ2v) is 14.4. The van der Waals surface area contributed by atoms with Gasteiger partial charge in [0, 0.05) is 81.0 Å². The van der Waals surface area contributed by atoms with Crippen molar-refractivity contribution in [3.63, 3.8) is 0 Å². The smallest absolute Gasteiger partial charge is 0.255 e. The first-order valence-corrected chi connectivity index (χ1v) is 17.4. The van der Waals surface area contributed by atoms with Crippen molar-refractivity contribution in [3.05, 3.63) is 64.1 Å². The van der Waals surface area contributed by atoms with Gasteiger partial charge in [0.05, 0.1) is 22.6 Å². The van der Waals surface area contributed by atoms with E-state index in [1.807, 2.05) is 18.2 Å². The van der Waals surface area contributed by atoms with Gasteiger partial charge in [-0.25, -0.2) is 14.4 Å². The van der Waals surface area contributed by atoms with Gasteiger partial charge in [-0.15, -0.1) is 0 Å². The second-order valence-electron chi connectivity index (χ2n) is 14.0. The number of piperazine rings is 1. The summed E-state index contributed by atoms with van der Waals surface area (Å²) in [4.78, 5) is 54.6. The van der Waals surface area contributed by atoms with Gasteiger partial charge in [0.1, 0.15) is 23.2 Å². The molecule has 3 saturated heterocycles. The summed E-state index contributed by atoms with van der Waals surface area (Å²) in [5.41, 5.74) is 11.2. The van der Waals surface area contributed by atoms with E-state index in [9.17, 15) is 14.4 Å². The fraction of sp³-hybridized carbons (Fsp3) is 0.429. The average molecular weight is 701 g/mol. The Hall–Kier alpha value is -4.66. The molecule has 2 aromatic carbocycles. The molecule has 1 unspecified atom stereocenters. The number of hydrogen-bond donors (Lipinski definition) is 3. The number of aromatic amines is 1. The number of piperidine rings is 2. The highest BCUT2D eigenvalue weighted by Gasteiger charge is 2.39. The molecule has 4 aliphatic heterocycles. The third-order valence-corrected chi connectivity index (χ3v) is 10.9. The number of hydrogen-bond acceptors (Lipinski definition) is 10. The number of amides is 3. The van der Waals surface area contributed by atoms with Gasteiger partial charge < -0.3 is 20.4 Å². The van der Waals surface area contributed by atoms with Crippen LogP contribution < -0.4 is 20.9 Å². The van der Waals surface area contributed by atoms with Crippen LogP contribution in [-0.2, 0) is 22.7 Å². The van der Waals surface area contributed by atoms with Crippen molar-refractivity contribution in [2.75, 3.05) is 49.1 Å². The average Bonchev–Trinajstić information content (AvgIpc) is 3.65. The zero-order valence-electron chi connectivity index (χ0n) is 27.7. The molecule has 3 fully saturated rings. The van der Waals surface area contributed by atoms with Crippen LogP contribution >= 0.6 is 11.6 Å². The van der Waals surface area contributed by atoms with Gasteiger partial charge in [0.25, 0.3) is 5.91 Å². The summed E-state index contributed by atoms with van der Waals surface area (Å²) in [6.45, 7) is 7.04. The number of carbonyl (C=O) groups excluding carboxylic acids is 3. The van der Waals surface area contributed by atoms with Crippen LogP contribution in [0.3, 0.4) is 0 Å². The van der Waals surface area contributed by atoms with Crippen molar-refractivity contribution in [3.8, 4) is 11.3 Å². The molecule has 50 heavy (non-hydrogen) atoms. The molecule has 8 rings (SSSR count). The van der Waals surface area contributed by atoms with Gasteiger partial charge >= 0.3 is 0 Å². The molecule has 4 aliphatic rings. The third-order valence-electron chi connectivity index (χ3n) is 10.5. The second kappa shape index (κ2) is 12.6. The number of nitrogens with two attached hydrogens (primary N) is 1. The van der Waals surface area contributed by atoms with Crippen LogP contribution in [0.2, 0.25) is 5.02 Å². The van der Waals surface area contributed by atoms with Crippen LogP contribution in [0.4, 0.5) is 15.9 Å². The van der Waals surface area contributed by atoms with E-state index >= 15 is 4.39 Å². The lowest BCUT2D eigenvalue weighted by atomic mass is 9.91. The maximum atomic E-state index is 15.3. The van der Waals surface area contributed by atoms with E-state index in [0.29, 0.717) is 65.7 Å². The highest BCUT2D eigenvalue weighted by molar-refractivity contribution is 6.36. The van der Waals surface area contributed by atoms with E-state index in [-0.39, 0.29) is 42.3 Å². The lowest BCUT2D eigenvalue weighted by Crippen LogP contribution is -2.52. The number of aromatic nitrogens is 4. The summed E-state index contributed by atoms with van der Waals surface area (Å²) in [6.07, 6.45) is 3.99. The fourth-order valence-corrected chi connectivity index (χ4v) is 7.82. The van der Waals surface area contributed by atoms with Crippen molar-refractivity contribution in [2.45, 2.75) is 57.3 Å². The van der Waals surface area contributed by atoms with E-state index in [2.05, 4.69) is 37.1 Å². The Bertz CT molecular complexity index is 2020. The van der Waals surface area contributed by atoms with Gasteiger partial charge in [-0.3, -0.25) is 29.7 Å². The summed E-state index contributed by atoms with van der Waals surface area (Å²) in [6, 6.07) is 8.20. The largest absolute Gasteiger partial charge is 0.368 e. The Labute approximate surface area is 292 Å². The number of nitrogens with one attached hydrogen (secondary N) is 2. The molecule has 0 saturated carbocycles. The zero-order chi connectivity index (χ0) is 34.7. The Morgan fingerprint density at radius 3 is 2.58 bits per heavy atom. The minimum atomic E-state index is -0.737. The number of H-pyrrole nitrogens is 1. The van der Waals surface area contributed by atoms with Crippen LogP contribution in [0, 0.1) is 5.82 Å². The number of nitrogens with zero attached hydrogens (tertiary/aromatic N) is 7. The molecule has 260 valence electrons. The summed E-state index contributed by atoms with van der Waals surface area (Å²) < 4.78 is 15.3. The van der Waals surface area contributed by atoms with E-state index in [1.54, 1.807) is 12.3 Å². The number of benzene rings is 2. The lowest BCUT2D eigenvalue weighted by molar-refractivity contribution is -0.136. The van der Waals surface area contributed by atoms with Gasteiger partial charge in [-0.05, 0) is 49.9 Å². The molecule has 2 aromatic heterocycles. The SMILES string of the molecule is CC1(N)CCN(c2cnc3c(-c4cccc(N5CCN(Cc6cc7c(cc6F)C(=O)N(C6CCC(=O)NC6=O)C7)CC5)c4Cl)[nH]nc3n2)CC1. The van der Waals surface area contributed by atoms with Crippen LogP contribution in [0.5, 0.6) is 0 Å². The molecular formula is C35H38ClFN10O3. The van der Waals surface area contributed by atoms with Gasteiger partial charge in [0.2, 0.25) is 17.5 Å². The van der Waals surface area contributed by atoms with Crippen LogP contribution in [-0.4, -0.2) is 98.5 Å². The number of rotatable bonds is 6. The molecule has 1 atom stereocenters. The maximum Gasteiger partial charge on any atom is 0.255 e. The third kappa shape index (κ3) is 5.94. The Morgan fingerprint density at radius 1 is 1.04 bits per heavy atom. The summed E-state index contributed by atoms with van der Waals surface area (Å²) in [5.74, 6) is -0.878. The highest BCUT2D eigenvalue weighted by atomic mass is 35.5. The topological polar surface area (TPSA) is 157 Å². The predicted octanol–water partition coefficient (Wildman–Crippen LogP) is 3.21. The minimum absolute atomic E-state index is 0.157. The quantitative estimate of drug-likeness (QED) is 0.255. The number of fused-ring (bicyclic) bond motifs is 2. The maximum absolute atomic E-state index is 15.3. The molecule has 4 N–H and O–H groups in total. The minimum Gasteiger partial charge on any atom is -0.368 e. The molecule has 0 bridgehead atoms. The van der Waals surface area contributed by atoms with Crippen LogP contribution in [0.1, 0.15) is 54.1 Å². The summed E-state index contributed by atoms with van der Waals surface area (Å²) in [7, 11) is 0. The normalized spacial score (nSPS) is 21.2. The first-order chi connectivity index (χ1) is 24.0. The predicted molar refractivity (Wildman–Crippen MR) is 186 cm³/mol. The highest BCUT2D eigenvalue weighted by Crippen LogP contribution is 2.38. The Balaban J connectivity index is 0.931. The molecule has 0 aliphatic carbocycles. The first-order valence-electron chi connectivity index (χ1n) is 17.0. The van der Waals surface area contributed by atoms with Gasteiger partial charge in [-0.1, -0.05) is 23.7 Å². The van der Waals surface area contributed by atoms with Crippen molar-refractivity contribution in [1.82, 2.24) is 35.3 Å². The van der Waals surface area contributed by atoms with Crippen LogP contribution in [0.25, 0.3) is 22.4 Å². The molecule has 3 amide bonds. The van der Waals surface area contributed by atoms with E-state index in [4.69, 9.17) is 27.3 Å². The number of carbonyl (C=O) groups is 3. The van der Waals surface area contributed by atoms with Crippen molar-refractivity contribution in [1.29, 1.82) is 0 Å². The lowest BCUT2D eigenvalue weighted by Gasteiger charge is -2.37. The summed E-state index contributed by atoms with van der Waals surface area (Å²) in [5, 5.41) is 10.5. The first kappa shape index (κ1) is 32.5. The Kier molecular flexibility index (Phi) is 8.19. The van der Waals surface area contributed by atoms with Gasteiger partial charge in [-0.2, -0.15) is 5.10 Å². The van der Waals surface area contributed by atoms with E-state index in [1.165, 1.54) is 11.0 Å². The monoisotopic (exact) mass is 700 g/mol. The molecule has 4 aromatic rings. The van der Waals surface area contributed by atoms with Crippen molar-refractivity contribution < 1.29 is 18.8 Å². The number of halogens is 2. The van der Waals surface area contributed by atoms with Crippen LogP contribution in [0.15, 0.2) is 36.5 Å². The zero-order valence-corrected chi connectivity index (χ0v) is 28.5. The molecular weight excluding hydrogens is 663 g/mol. The van der Waals surface area contributed by atoms with E-state index in [0.717, 1.165) is 43.0 Å². The molecule has 13 nitrogen and oxygen atoms in total. The molecule has 15 heteroatoms. The Morgan fingerprint density at radius 2 is 1.82 bits per heavy atom. The standard InChI is InChI=1S/C35H38ClFN10O3/c1-35(38)7-9-46(10-8-35)27-17-39-31-30(42-43-32(31)40-27)22-3-2-4-25(29(22)36)45-13-11-44(12-14-45)18-21-15-20-19-47(34(50)23(20)16-24(21)37)26-5-6-28(48)41-33(26)49/h2-4,15-17,26H,5-14,18-19,38H2,1H3,(H,40,42,43)(H,41,48,49). The molecule has 6 heterocycles. The summed E-state index contributed by atoms with van der Waals surface area (Å²) >= 11 is 7.06. The van der Waals surface area contributed by atoms with E-state index < -0.39 is 17.8 Å².